The molecule has 4 aromatic rings. The van der Waals surface area contributed by atoms with Crippen LogP contribution in [0.5, 0.6) is 11.5 Å². The summed E-state index contributed by atoms with van der Waals surface area (Å²) in [6.07, 6.45) is 0. The van der Waals surface area contributed by atoms with Gasteiger partial charge in [-0.05, 0) is 30.5 Å². The first kappa shape index (κ1) is 12.6. The predicted molar refractivity (Wildman–Crippen MR) is 90.7 cm³/mol. The number of nitrogen functional groups attached to an aromatic ring is 1. The van der Waals surface area contributed by atoms with Gasteiger partial charge in [-0.25, -0.2) is 4.98 Å². The monoisotopic (exact) mass is 312 g/mol. The summed E-state index contributed by atoms with van der Waals surface area (Å²) >= 11 is 3.39. The van der Waals surface area contributed by atoms with Crippen LogP contribution < -0.4 is 10.5 Å². The molecule has 0 aliphatic heterocycles. The van der Waals surface area contributed by atoms with Gasteiger partial charge in [0.15, 0.2) is 0 Å². The highest BCUT2D eigenvalue weighted by Gasteiger charge is 2.13. The second kappa shape index (κ2) is 4.72. The number of thiazole rings is 1. The number of thiophene rings is 1. The number of benzene rings is 2. The molecule has 4 rings (SSSR count). The van der Waals surface area contributed by atoms with E-state index in [1.54, 1.807) is 22.7 Å². The Balaban J connectivity index is 1.92. The van der Waals surface area contributed by atoms with E-state index in [9.17, 15) is 0 Å². The minimum absolute atomic E-state index is 0.698. The van der Waals surface area contributed by atoms with Crippen molar-refractivity contribution < 1.29 is 4.74 Å². The van der Waals surface area contributed by atoms with Gasteiger partial charge in [-0.15, -0.1) is 22.7 Å². The van der Waals surface area contributed by atoms with Gasteiger partial charge in [0.1, 0.15) is 11.5 Å². The van der Waals surface area contributed by atoms with Crippen molar-refractivity contribution in [1.29, 1.82) is 0 Å². The summed E-state index contributed by atoms with van der Waals surface area (Å²) in [5.41, 5.74) is 7.58. The van der Waals surface area contributed by atoms with E-state index >= 15 is 0 Å². The Kier molecular flexibility index (Phi) is 2.83. The highest BCUT2D eigenvalue weighted by Crippen LogP contribution is 2.40. The highest BCUT2D eigenvalue weighted by molar-refractivity contribution is 7.21. The number of nitrogens with zero attached hydrogens (tertiary/aromatic N) is 1. The molecule has 2 aromatic heterocycles. The first-order chi connectivity index (χ1) is 10.2. The van der Waals surface area contributed by atoms with Gasteiger partial charge in [-0.1, -0.05) is 6.07 Å². The van der Waals surface area contributed by atoms with Crippen LogP contribution in [0.4, 0.5) is 5.69 Å². The van der Waals surface area contributed by atoms with Crippen LogP contribution in [0.15, 0.2) is 41.8 Å². The number of rotatable bonds is 2. The SMILES string of the molecule is Cc1nc2c(cc(Oc3cccc(N)c3)c3ccsc32)s1. The normalized spacial score (nSPS) is 11.3. The van der Waals surface area contributed by atoms with E-state index in [0.717, 1.165) is 32.1 Å². The van der Waals surface area contributed by atoms with Crippen LogP contribution in [0.3, 0.4) is 0 Å². The number of aromatic nitrogens is 1. The Labute approximate surface area is 129 Å². The Morgan fingerprint density at radius 3 is 2.95 bits per heavy atom. The van der Waals surface area contributed by atoms with Crippen molar-refractivity contribution in [3.63, 3.8) is 0 Å². The van der Waals surface area contributed by atoms with Crippen LogP contribution in [0, 0.1) is 6.92 Å². The Hall–Kier alpha value is -2.11. The quantitative estimate of drug-likeness (QED) is 0.518. The average Bonchev–Trinajstić information content (AvgIpc) is 3.04. The molecule has 0 spiro atoms. The van der Waals surface area contributed by atoms with Gasteiger partial charge in [0.25, 0.3) is 0 Å². The first-order valence-corrected chi connectivity index (χ1v) is 8.21. The van der Waals surface area contributed by atoms with Gasteiger partial charge >= 0.3 is 0 Å². The lowest BCUT2D eigenvalue weighted by molar-refractivity contribution is 0.489. The number of hydrogen-bond acceptors (Lipinski definition) is 5. The zero-order chi connectivity index (χ0) is 14.4. The molecule has 0 aliphatic rings. The van der Waals surface area contributed by atoms with Crippen LogP contribution >= 0.6 is 22.7 Å². The predicted octanol–water partition coefficient (Wildman–Crippen LogP) is 5.19. The molecule has 104 valence electrons. The van der Waals surface area contributed by atoms with Crippen molar-refractivity contribution in [3.05, 3.63) is 46.8 Å². The van der Waals surface area contributed by atoms with Crippen molar-refractivity contribution in [3.8, 4) is 11.5 Å². The fourth-order valence-corrected chi connectivity index (χ4v) is 4.21. The molecule has 0 saturated heterocycles. The van der Waals surface area contributed by atoms with E-state index in [-0.39, 0.29) is 0 Å². The molecule has 21 heavy (non-hydrogen) atoms. The van der Waals surface area contributed by atoms with Gasteiger partial charge in [0.05, 0.1) is 19.9 Å². The van der Waals surface area contributed by atoms with E-state index in [2.05, 4.69) is 22.5 Å². The molecular formula is C16H12N2OS2. The summed E-state index contributed by atoms with van der Waals surface area (Å²) < 4.78 is 8.38. The van der Waals surface area contributed by atoms with E-state index < -0.39 is 0 Å². The largest absolute Gasteiger partial charge is 0.457 e. The Bertz CT molecular complexity index is 955. The molecule has 0 fully saturated rings. The number of fused-ring (bicyclic) bond motifs is 3. The highest BCUT2D eigenvalue weighted by atomic mass is 32.1. The molecule has 0 amide bonds. The molecule has 0 unspecified atom stereocenters. The standard InChI is InChI=1S/C16H12N2OS2/c1-9-18-15-14(21-9)8-13(12-5-6-20-16(12)15)19-11-4-2-3-10(17)7-11/h2-8H,17H2,1H3. The van der Waals surface area contributed by atoms with Crippen LogP contribution in [0.2, 0.25) is 0 Å². The van der Waals surface area contributed by atoms with E-state index in [1.807, 2.05) is 31.2 Å². The molecule has 0 radical (unpaired) electrons. The molecule has 0 aliphatic carbocycles. The van der Waals surface area contributed by atoms with E-state index in [4.69, 9.17) is 10.5 Å². The fraction of sp³-hybridized carbons (Fsp3) is 0.0625. The van der Waals surface area contributed by atoms with Gasteiger partial charge in [0.2, 0.25) is 0 Å². The summed E-state index contributed by atoms with van der Waals surface area (Å²) in [6.45, 7) is 2.03. The van der Waals surface area contributed by atoms with Crippen LogP contribution in [-0.2, 0) is 0 Å². The third kappa shape index (κ3) is 2.14. The maximum absolute atomic E-state index is 6.05. The van der Waals surface area contributed by atoms with Gasteiger partial charge in [0, 0.05) is 23.2 Å². The van der Waals surface area contributed by atoms with Crippen LogP contribution in [-0.4, -0.2) is 4.98 Å². The summed E-state index contributed by atoms with van der Waals surface area (Å²) in [7, 11) is 0. The lowest BCUT2D eigenvalue weighted by atomic mass is 10.2. The topological polar surface area (TPSA) is 48.1 Å². The number of anilines is 1. The summed E-state index contributed by atoms with van der Waals surface area (Å²) in [5, 5.41) is 4.24. The summed E-state index contributed by atoms with van der Waals surface area (Å²) in [5.74, 6) is 1.61. The summed E-state index contributed by atoms with van der Waals surface area (Å²) in [4.78, 5) is 4.63. The smallest absolute Gasteiger partial charge is 0.137 e. The fourth-order valence-electron chi connectivity index (χ4n) is 2.38. The average molecular weight is 312 g/mol. The van der Waals surface area contributed by atoms with Gasteiger partial charge in [-0.3, -0.25) is 0 Å². The number of hydrogen-bond donors (Lipinski definition) is 1. The molecule has 0 atom stereocenters. The van der Waals surface area contributed by atoms with E-state index in [0.29, 0.717) is 5.69 Å². The van der Waals surface area contributed by atoms with Gasteiger partial charge in [-0.2, -0.15) is 0 Å². The van der Waals surface area contributed by atoms with Crippen molar-refractivity contribution in [2.45, 2.75) is 6.92 Å². The molecule has 2 aromatic carbocycles. The first-order valence-electron chi connectivity index (χ1n) is 6.51. The number of ether oxygens (including phenoxy) is 1. The number of aryl methyl sites for hydroxylation is 1. The second-order valence-electron chi connectivity index (χ2n) is 4.79. The van der Waals surface area contributed by atoms with Crippen LogP contribution in [0.25, 0.3) is 20.3 Å². The third-order valence-corrected chi connectivity index (χ3v) is 5.09. The molecular weight excluding hydrogens is 300 g/mol. The lowest BCUT2D eigenvalue weighted by Crippen LogP contribution is -1.88. The maximum atomic E-state index is 6.05. The van der Waals surface area contributed by atoms with Crippen molar-refractivity contribution in [1.82, 2.24) is 4.98 Å². The number of nitrogens with two attached hydrogens (primary N) is 1. The van der Waals surface area contributed by atoms with Crippen molar-refractivity contribution >= 4 is 48.7 Å². The molecule has 2 N–H and O–H groups in total. The minimum Gasteiger partial charge on any atom is -0.457 e. The summed E-state index contributed by atoms with van der Waals surface area (Å²) in [6, 6.07) is 11.6. The molecule has 0 bridgehead atoms. The third-order valence-electron chi connectivity index (χ3n) is 3.25. The molecule has 0 saturated carbocycles. The molecule has 2 heterocycles. The lowest BCUT2D eigenvalue weighted by Gasteiger charge is -2.08. The van der Waals surface area contributed by atoms with E-state index in [1.165, 1.54) is 4.70 Å². The minimum atomic E-state index is 0.698. The molecule has 5 heteroatoms. The zero-order valence-electron chi connectivity index (χ0n) is 11.3. The van der Waals surface area contributed by atoms with Crippen LogP contribution in [0.1, 0.15) is 5.01 Å². The maximum Gasteiger partial charge on any atom is 0.137 e. The Morgan fingerprint density at radius 2 is 2.10 bits per heavy atom. The van der Waals surface area contributed by atoms with Crippen molar-refractivity contribution in [2.75, 3.05) is 5.73 Å². The zero-order valence-corrected chi connectivity index (χ0v) is 12.9. The Morgan fingerprint density at radius 1 is 1.19 bits per heavy atom. The van der Waals surface area contributed by atoms with Crippen molar-refractivity contribution in [2.24, 2.45) is 0 Å². The second-order valence-corrected chi connectivity index (χ2v) is 6.94. The molecule has 3 nitrogen and oxygen atoms in total. The van der Waals surface area contributed by atoms with Gasteiger partial charge < -0.3 is 10.5 Å².